The van der Waals surface area contributed by atoms with Crippen molar-refractivity contribution in [3.05, 3.63) is 79.9 Å². The minimum Gasteiger partial charge on any atom is -0.394 e. The molecular weight excluding hydrogens is 468 g/mol. The van der Waals surface area contributed by atoms with E-state index in [1.165, 1.54) is 24.3 Å². The first-order valence-electron chi connectivity index (χ1n) is 10.4. The minimum atomic E-state index is -3.00. The van der Waals surface area contributed by atoms with E-state index in [1.54, 1.807) is 0 Å². The Bertz CT molecular complexity index is 988. The predicted molar refractivity (Wildman–Crippen MR) is 119 cm³/mol. The van der Waals surface area contributed by atoms with Gasteiger partial charge in [0.1, 0.15) is 0 Å². The van der Waals surface area contributed by atoms with Crippen molar-refractivity contribution in [3.63, 3.8) is 0 Å². The van der Waals surface area contributed by atoms with Crippen molar-refractivity contribution < 1.29 is 43.9 Å². The summed E-state index contributed by atoms with van der Waals surface area (Å²) in [6.07, 6.45) is 0. The topological polar surface area (TPSA) is 189 Å². The SMILES string of the molecule is O=C(c1ccccc1[N+](=O)[O-])C(O)(COCCOCCOCCO)C(=O)c1ccccc1[N+](=O)[O-]. The lowest BCUT2D eigenvalue weighted by molar-refractivity contribution is -0.385. The summed E-state index contributed by atoms with van der Waals surface area (Å²) in [5.74, 6) is -2.68. The summed E-state index contributed by atoms with van der Waals surface area (Å²) in [6, 6.07) is 9.40. The zero-order valence-electron chi connectivity index (χ0n) is 18.5. The third-order valence-corrected chi connectivity index (χ3v) is 4.73. The second-order valence-electron chi connectivity index (χ2n) is 7.07. The molecule has 0 unspecified atom stereocenters. The number of nitro benzene ring substituents is 2. The van der Waals surface area contributed by atoms with Gasteiger partial charge in [-0.2, -0.15) is 0 Å². The first kappa shape index (κ1) is 27.6. The highest BCUT2D eigenvalue weighted by Gasteiger charge is 2.48. The molecule has 0 bridgehead atoms. The zero-order valence-corrected chi connectivity index (χ0v) is 18.5. The molecule has 13 nitrogen and oxygen atoms in total. The Morgan fingerprint density at radius 1 is 0.743 bits per heavy atom. The second kappa shape index (κ2) is 13.3. The maximum absolute atomic E-state index is 13.3. The highest BCUT2D eigenvalue weighted by atomic mass is 16.6. The molecule has 0 fully saturated rings. The number of aliphatic hydroxyl groups is 2. The lowest BCUT2D eigenvalue weighted by Crippen LogP contribution is -2.51. The van der Waals surface area contributed by atoms with E-state index in [0.717, 1.165) is 24.3 Å². The predicted octanol–water partition coefficient (Wildman–Crippen LogP) is 1.34. The van der Waals surface area contributed by atoms with E-state index in [9.17, 15) is 34.9 Å². The standard InChI is InChI=1S/C22H24N2O11/c25-9-10-33-11-12-34-13-14-35-15-22(28,20(26)16-5-1-3-7-18(16)23(29)30)21(27)17-6-2-4-8-19(17)24(31)32/h1-8,25,28H,9-15H2. The number of nitrogens with zero attached hydrogens (tertiary/aromatic N) is 2. The van der Waals surface area contributed by atoms with Crippen molar-refractivity contribution in [2.45, 2.75) is 5.60 Å². The number of hydrogen-bond acceptors (Lipinski definition) is 11. The second-order valence-corrected chi connectivity index (χ2v) is 7.07. The van der Waals surface area contributed by atoms with Crippen LogP contribution >= 0.6 is 0 Å². The monoisotopic (exact) mass is 492 g/mol. The van der Waals surface area contributed by atoms with Gasteiger partial charge in [0.05, 0.1) is 67.2 Å². The van der Waals surface area contributed by atoms with Crippen LogP contribution < -0.4 is 0 Å². The fourth-order valence-electron chi connectivity index (χ4n) is 3.05. The number of hydrogen-bond donors (Lipinski definition) is 2. The fraction of sp³-hybridized carbons (Fsp3) is 0.364. The minimum absolute atomic E-state index is 0.0160. The van der Waals surface area contributed by atoms with Crippen LogP contribution in [0.15, 0.2) is 48.5 Å². The Kier molecular flexibility index (Phi) is 10.5. The van der Waals surface area contributed by atoms with Gasteiger partial charge in [-0.3, -0.25) is 29.8 Å². The van der Waals surface area contributed by atoms with Gasteiger partial charge in [0, 0.05) is 12.1 Å². The number of carbonyl (C=O) groups excluding carboxylic acids is 2. The summed E-state index contributed by atoms with van der Waals surface area (Å²) in [5, 5.41) is 42.6. The van der Waals surface area contributed by atoms with Gasteiger partial charge in [-0.25, -0.2) is 0 Å². The highest BCUT2D eigenvalue weighted by Crippen LogP contribution is 2.29. The third-order valence-electron chi connectivity index (χ3n) is 4.73. The molecule has 0 heterocycles. The van der Waals surface area contributed by atoms with E-state index in [4.69, 9.17) is 19.3 Å². The molecule has 35 heavy (non-hydrogen) atoms. The molecule has 0 aliphatic rings. The van der Waals surface area contributed by atoms with Gasteiger partial charge in [-0.1, -0.05) is 24.3 Å². The van der Waals surface area contributed by atoms with Crippen molar-refractivity contribution in [3.8, 4) is 0 Å². The number of aliphatic hydroxyl groups excluding tert-OH is 1. The Labute approximate surface area is 199 Å². The number of carbonyl (C=O) groups is 2. The fourth-order valence-corrected chi connectivity index (χ4v) is 3.05. The summed E-state index contributed by atoms with van der Waals surface area (Å²) in [6.45, 7) is -0.756. The first-order chi connectivity index (χ1) is 16.7. The van der Waals surface area contributed by atoms with E-state index in [0.29, 0.717) is 0 Å². The number of ketones is 2. The summed E-state index contributed by atoms with van der Waals surface area (Å²) in [7, 11) is 0. The van der Waals surface area contributed by atoms with E-state index < -0.39 is 56.1 Å². The smallest absolute Gasteiger partial charge is 0.280 e. The average Bonchev–Trinajstić information content (AvgIpc) is 2.86. The number of para-hydroxylation sites is 2. The van der Waals surface area contributed by atoms with Gasteiger partial charge in [0.25, 0.3) is 11.4 Å². The maximum atomic E-state index is 13.3. The van der Waals surface area contributed by atoms with Crippen molar-refractivity contribution in [2.24, 2.45) is 0 Å². The lowest BCUT2D eigenvalue weighted by atomic mass is 9.85. The summed E-state index contributed by atoms with van der Waals surface area (Å²) in [4.78, 5) is 47.6. The summed E-state index contributed by atoms with van der Waals surface area (Å²) >= 11 is 0. The lowest BCUT2D eigenvalue weighted by Gasteiger charge is -2.25. The van der Waals surface area contributed by atoms with Crippen LogP contribution in [0.3, 0.4) is 0 Å². The number of Topliss-reactive ketones (excluding diaryl/α,β-unsaturated/α-hetero) is 2. The van der Waals surface area contributed by atoms with E-state index in [-0.39, 0.29) is 39.6 Å². The molecule has 188 valence electrons. The van der Waals surface area contributed by atoms with Crippen LogP contribution in [0.25, 0.3) is 0 Å². The number of nitro groups is 2. The van der Waals surface area contributed by atoms with Crippen LogP contribution in [0.2, 0.25) is 0 Å². The van der Waals surface area contributed by atoms with Crippen molar-refractivity contribution in [2.75, 3.05) is 46.2 Å². The summed E-state index contributed by atoms with van der Waals surface area (Å²) in [5.41, 5.74) is -5.43. The Morgan fingerprint density at radius 3 is 1.57 bits per heavy atom. The Hall–Kier alpha value is -3.62. The first-order valence-corrected chi connectivity index (χ1v) is 10.4. The van der Waals surface area contributed by atoms with Crippen LogP contribution in [-0.4, -0.2) is 83.5 Å². The molecule has 0 saturated carbocycles. The molecule has 0 aliphatic carbocycles. The van der Waals surface area contributed by atoms with Crippen LogP contribution in [0.5, 0.6) is 0 Å². The maximum Gasteiger partial charge on any atom is 0.280 e. The molecule has 2 aromatic rings. The molecule has 2 aromatic carbocycles. The van der Waals surface area contributed by atoms with E-state index >= 15 is 0 Å². The van der Waals surface area contributed by atoms with Crippen LogP contribution in [0.1, 0.15) is 20.7 Å². The third kappa shape index (κ3) is 7.18. The van der Waals surface area contributed by atoms with Gasteiger partial charge in [-0.05, 0) is 12.1 Å². The van der Waals surface area contributed by atoms with Crippen LogP contribution in [0.4, 0.5) is 11.4 Å². The zero-order chi connectivity index (χ0) is 25.8. The molecule has 0 aromatic heterocycles. The van der Waals surface area contributed by atoms with Gasteiger partial charge in [0.2, 0.25) is 17.2 Å². The average molecular weight is 492 g/mol. The molecule has 0 radical (unpaired) electrons. The molecule has 0 aliphatic heterocycles. The molecule has 0 amide bonds. The quantitative estimate of drug-likeness (QED) is 0.113. The Balaban J connectivity index is 2.28. The molecule has 13 heteroatoms. The van der Waals surface area contributed by atoms with Crippen molar-refractivity contribution in [1.29, 1.82) is 0 Å². The van der Waals surface area contributed by atoms with E-state index in [2.05, 4.69) is 0 Å². The van der Waals surface area contributed by atoms with Gasteiger partial charge in [-0.15, -0.1) is 0 Å². The van der Waals surface area contributed by atoms with Gasteiger partial charge < -0.3 is 24.4 Å². The Morgan fingerprint density at radius 2 is 1.14 bits per heavy atom. The van der Waals surface area contributed by atoms with Crippen molar-refractivity contribution >= 4 is 22.9 Å². The molecular formula is C22H24N2O11. The normalized spacial score (nSPS) is 11.3. The summed E-state index contributed by atoms with van der Waals surface area (Å²) < 4.78 is 15.5. The van der Waals surface area contributed by atoms with Gasteiger partial charge in [0.15, 0.2) is 0 Å². The molecule has 0 spiro atoms. The van der Waals surface area contributed by atoms with Crippen LogP contribution in [0, 0.1) is 20.2 Å². The molecule has 0 atom stereocenters. The number of rotatable bonds is 16. The largest absolute Gasteiger partial charge is 0.394 e. The molecule has 0 saturated heterocycles. The van der Waals surface area contributed by atoms with Gasteiger partial charge >= 0.3 is 0 Å². The molecule has 2 rings (SSSR count). The van der Waals surface area contributed by atoms with E-state index in [1.807, 2.05) is 0 Å². The van der Waals surface area contributed by atoms with Crippen LogP contribution in [-0.2, 0) is 14.2 Å². The number of ether oxygens (including phenoxy) is 3. The molecule has 2 N–H and O–H groups in total. The van der Waals surface area contributed by atoms with Crippen molar-refractivity contribution in [1.82, 2.24) is 0 Å². The number of benzene rings is 2. The highest BCUT2D eigenvalue weighted by molar-refractivity contribution is 6.24.